The van der Waals surface area contributed by atoms with E-state index in [0.29, 0.717) is 41.5 Å². The Morgan fingerprint density at radius 3 is 2.69 bits per heavy atom. The number of hydrogen-bond acceptors (Lipinski definition) is 7. The van der Waals surface area contributed by atoms with Crippen LogP contribution in [0, 0.1) is 5.92 Å². The number of pyridine rings is 1. The Hall–Kier alpha value is -3.51. The lowest BCUT2D eigenvalue weighted by Crippen LogP contribution is -2.56. The summed E-state index contributed by atoms with van der Waals surface area (Å²) in [5, 5.41) is 16.5. The van der Waals surface area contributed by atoms with Crippen LogP contribution in [-0.4, -0.2) is 71.8 Å². The van der Waals surface area contributed by atoms with E-state index >= 15 is 0 Å². The van der Waals surface area contributed by atoms with E-state index in [4.69, 9.17) is 4.98 Å². The van der Waals surface area contributed by atoms with Gasteiger partial charge in [-0.2, -0.15) is 18.3 Å². The number of fused-ring (bicyclic) bond motifs is 1. The van der Waals surface area contributed by atoms with Crippen molar-refractivity contribution in [3.05, 3.63) is 60.3 Å². The van der Waals surface area contributed by atoms with Gasteiger partial charge < -0.3 is 10.0 Å². The van der Waals surface area contributed by atoms with Crippen LogP contribution in [0.5, 0.6) is 0 Å². The fourth-order valence-electron chi connectivity index (χ4n) is 5.26. The zero-order valence-corrected chi connectivity index (χ0v) is 19.3. The molecule has 1 atom stereocenters. The fraction of sp³-hybridized carbons (Fsp3) is 0.417. The molecule has 2 aliphatic rings. The molecule has 0 amide bonds. The third kappa shape index (κ3) is 4.09. The smallest absolute Gasteiger partial charge is 0.396 e. The SMILES string of the molecule is OCC1CC(N2CCN(c3ccnc(-c4cnc5ccc(C(F)(F)F)cn45)n3)CC2c2cn[nH]c2)C1. The zero-order chi connectivity index (χ0) is 24.9. The molecule has 1 saturated carbocycles. The molecule has 188 valence electrons. The summed E-state index contributed by atoms with van der Waals surface area (Å²) in [4.78, 5) is 18.0. The Morgan fingerprint density at radius 2 is 1.94 bits per heavy atom. The van der Waals surface area contributed by atoms with Crippen LogP contribution >= 0.6 is 0 Å². The maximum Gasteiger partial charge on any atom is 0.417 e. The first-order valence-corrected chi connectivity index (χ1v) is 11.9. The first kappa shape index (κ1) is 22.9. The van der Waals surface area contributed by atoms with Gasteiger partial charge in [0, 0.05) is 56.4 Å². The quantitative estimate of drug-likeness (QED) is 0.436. The van der Waals surface area contributed by atoms with Gasteiger partial charge in [0.05, 0.1) is 24.0 Å². The summed E-state index contributed by atoms with van der Waals surface area (Å²) in [6.45, 7) is 2.48. The molecular weight excluding hydrogens is 473 g/mol. The summed E-state index contributed by atoms with van der Waals surface area (Å²) in [5.74, 6) is 1.38. The number of anilines is 1. The van der Waals surface area contributed by atoms with Crippen molar-refractivity contribution >= 4 is 11.5 Å². The van der Waals surface area contributed by atoms with Gasteiger partial charge in [-0.3, -0.25) is 14.4 Å². The lowest BCUT2D eigenvalue weighted by Gasteiger charge is -2.50. The number of aromatic amines is 1. The maximum atomic E-state index is 13.3. The highest BCUT2D eigenvalue weighted by atomic mass is 19.4. The molecule has 6 rings (SSSR count). The largest absolute Gasteiger partial charge is 0.417 e. The van der Waals surface area contributed by atoms with Gasteiger partial charge in [0.2, 0.25) is 0 Å². The predicted molar refractivity (Wildman–Crippen MR) is 125 cm³/mol. The van der Waals surface area contributed by atoms with Crippen molar-refractivity contribution < 1.29 is 18.3 Å². The Labute approximate surface area is 204 Å². The van der Waals surface area contributed by atoms with E-state index in [1.165, 1.54) is 16.7 Å². The van der Waals surface area contributed by atoms with E-state index in [1.807, 2.05) is 18.5 Å². The van der Waals surface area contributed by atoms with Crippen LogP contribution in [-0.2, 0) is 6.18 Å². The van der Waals surface area contributed by atoms with Crippen molar-refractivity contribution in [2.45, 2.75) is 31.1 Å². The van der Waals surface area contributed by atoms with Crippen LogP contribution in [0.25, 0.3) is 17.2 Å². The lowest BCUT2D eigenvalue weighted by molar-refractivity contribution is -0.137. The standard InChI is InChI=1S/C24H25F3N8O/c25-24(26,27)17-1-2-21-29-11-19(35(21)12-17)23-28-4-3-22(32-23)33-5-6-34(18-7-15(8-18)14-36)20(13-33)16-9-30-31-10-16/h1-4,9-12,15,18,20,36H,5-8,13-14H2,(H,30,31). The number of aliphatic hydroxyl groups excluding tert-OH is 1. The monoisotopic (exact) mass is 498 g/mol. The molecule has 1 unspecified atom stereocenters. The molecule has 36 heavy (non-hydrogen) atoms. The van der Waals surface area contributed by atoms with Gasteiger partial charge in [-0.05, 0) is 37.0 Å². The highest BCUT2D eigenvalue weighted by molar-refractivity contribution is 5.59. The number of nitrogens with one attached hydrogen (secondary N) is 1. The van der Waals surface area contributed by atoms with Gasteiger partial charge in [-0.25, -0.2) is 15.0 Å². The van der Waals surface area contributed by atoms with Crippen molar-refractivity contribution in [1.82, 2.24) is 34.4 Å². The second kappa shape index (κ2) is 8.86. The first-order chi connectivity index (χ1) is 17.4. The number of imidazole rings is 1. The van der Waals surface area contributed by atoms with E-state index in [2.05, 4.69) is 30.0 Å². The van der Waals surface area contributed by atoms with Gasteiger partial charge >= 0.3 is 6.18 Å². The van der Waals surface area contributed by atoms with Crippen LogP contribution in [0.4, 0.5) is 19.0 Å². The molecule has 2 N–H and O–H groups in total. The average Bonchev–Trinajstić information content (AvgIpc) is 3.53. The number of nitrogens with zero attached hydrogens (tertiary/aromatic N) is 7. The van der Waals surface area contributed by atoms with Gasteiger partial charge in [0.25, 0.3) is 0 Å². The number of halogens is 3. The minimum Gasteiger partial charge on any atom is -0.396 e. The summed E-state index contributed by atoms with van der Waals surface area (Å²) in [5.41, 5.74) is 1.11. The Balaban J connectivity index is 1.28. The molecule has 0 aromatic carbocycles. The van der Waals surface area contributed by atoms with Crippen LogP contribution in [0.3, 0.4) is 0 Å². The van der Waals surface area contributed by atoms with Crippen LogP contribution in [0.1, 0.15) is 30.0 Å². The second-order valence-electron chi connectivity index (χ2n) is 9.43. The lowest BCUT2D eigenvalue weighted by atomic mass is 9.78. The van der Waals surface area contributed by atoms with Gasteiger partial charge in [-0.1, -0.05) is 0 Å². The van der Waals surface area contributed by atoms with Crippen molar-refractivity contribution in [2.24, 2.45) is 5.92 Å². The van der Waals surface area contributed by atoms with Gasteiger partial charge in [0.1, 0.15) is 17.2 Å². The van der Waals surface area contributed by atoms with Gasteiger partial charge in [0.15, 0.2) is 5.82 Å². The van der Waals surface area contributed by atoms with Crippen molar-refractivity contribution in [2.75, 3.05) is 31.1 Å². The number of piperazine rings is 1. The molecule has 9 nitrogen and oxygen atoms in total. The average molecular weight is 499 g/mol. The number of rotatable bonds is 5. The molecule has 1 aliphatic heterocycles. The predicted octanol–water partition coefficient (Wildman–Crippen LogP) is 3.17. The Bertz CT molecular complexity index is 1350. The summed E-state index contributed by atoms with van der Waals surface area (Å²) in [6, 6.07) is 4.70. The molecule has 0 bridgehead atoms. The molecule has 0 spiro atoms. The Kier molecular flexibility index (Phi) is 5.64. The Morgan fingerprint density at radius 1 is 1.08 bits per heavy atom. The van der Waals surface area contributed by atoms with E-state index in [1.54, 1.807) is 6.20 Å². The first-order valence-electron chi connectivity index (χ1n) is 11.9. The number of aromatic nitrogens is 6. The summed E-state index contributed by atoms with van der Waals surface area (Å²) in [6.07, 6.45) is 5.40. The third-order valence-electron chi connectivity index (χ3n) is 7.29. The molecular formula is C24H25F3N8O. The molecule has 12 heteroatoms. The molecule has 2 fully saturated rings. The normalized spacial score (nSPS) is 23.2. The van der Waals surface area contributed by atoms with Gasteiger partial charge in [-0.15, -0.1) is 0 Å². The number of H-pyrrole nitrogens is 1. The number of alkyl halides is 3. The molecule has 4 aromatic heterocycles. The molecule has 1 saturated heterocycles. The molecule has 0 radical (unpaired) electrons. The second-order valence-corrected chi connectivity index (χ2v) is 9.43. The molecule has 5 heterocycles. The van der Waals surface area contributed by atoms with Crippen molar-refractivity contribution in [3.63, 3.8) is 0 Å². The highest BCUT2D eigenvalue weighted by Crippen LogP contribution is 2.38. The van der Waals surface area contributed by atoms with E-state index in [9.17, 15) is 18.3 Å². The summed E-state index contributed by atoms with van der Waals surface area (Å²) >= 11 is 0. The van der Waals surface area contributed by atoms with Crippen LogP contribution in [0.2, 0.25) is 0 Å². The fourth-order valence-corrected chi connectivity index (χ4v) is 5.26. The van der Waals surface area contributed by atoms with Crippen molar-refractivity contribution in [1.29, 1.82) is 0 Å². The maximum absolute atomic E-state index is 13.3. The topological polar surface area (TPSA) is 98.5 Å². The van der Waals surface area contributed by atoms with E-state index in [-0.39, 0.29) is 12.6 Å². The number of aliphatic hydroxyl groups is 1. The van der Waals surface area contributed by atoms with Crippen LogP contribution in [0.15, 0.2) is 49.2 Å². The molecule has 1 aliphatic carbocycles. The summed E-state index contributed by atoms with van der Waals surface area (Å²) in [7, 11) is 0. The van der Waals surface area contributed by atoms with E-state index in [0.717, 1.165) is 43.8 Å². The minimum atomic E-state index is -4.46. The minimum absolute atomic E-state index is 0.102. The zero-order valence-electron chi connectivity index (χ0n) is 19.3. The van der Waals surface area contributed by atoms with Crippen LogP contribution < -0.4 is 4.90 Å². The van der Waals surface area contributed by atoms with E-state index < -0.39 is 11.7 Å². The number of hydrogen-bond donors (Lipinski definition) is 2. The third-order valence-corrected chi connectivity index (χ3v) is 7.29. The summed E-state index contributed by atoms with van der Waals surface area (Å²) < 4.78 is 41.2. The highest BCUT2D eigenvalue weighted by Gasteiger charge is 2.40. The molecule has 4 aromatic rings. The van der Waals surface area contributed by atoms with Crippen molar-refractivity contribution in [3.8, 4) is 11.5 Å².